The van der Waals surface area contributed by atoms with Crippen molar-refractivity contribution in [2.45, 2.75) is 67.2 Å². The van der Waals surface area contributed by atoms with Crippen LogP contribution in [0.25, 0.3) is 0 Å². The van der Waals surface area contributed by atoms with Crippen LogP contribution >= 0.6 is 0 Å². The Hall–Kier alpha value is -0.440. The van der Waals surface area contributed by atoms with Crippen molar-refractivity contribution in [3.63, 3.8) is 0 Å². The quantitative estimate of drug-likeness (QED) is 0.664. The molecule has 1 nitrogen and oxygen atoms in total. The molecular formula is C14H33F2N. The van der Waals surface area contributed by atoms with E-state index < -0.39 is 5.92 Å². The van der Waals surface area contributed by atoms with Crippen LogP contribution in [0.3, 0.4) is 0 Å². The molecule has 2 N–H and O–H groups in total. The molecule has 0 aliphatic rings. The maximum absolute atomic E-state index is 12.3. The highest BCUT2D eigenvalue weighted by Gasteiger charge is 2.16. The summed E-state index contributed by atoms with van der Waals surface area (Å²) in [5.74, 6) is -2.69. The molecule has 0 rings (SSSR count). The Morgan fingerprint density at radius 3 is 1.76 bits per heavy atom. The van der Waals surface area contributed by atoms with Crippen LogP contribution in [0, 0.1) is 5.41 Å². The predicted molar refractivity (Wildman–Crippen MR) is 76.6 cm³/mol. The second kappa shape index (κ2) is 12.0. The molecular weight excluding hydrogens is 220 g/mol. The van der Waals surface area contributed by atoms with E-state index in [1.807, 2.05) is 41.5 Å². The molecule has 17 heavy (non-hydrogen) atoms. The van der Waals surface area contributed by atoms with E-state index >= 15 is 0 Å². The van der Waals surface area contributed by atoms with E-state index in [-0.39, 0.29) is 6.84 Å². The van der Waals surface area contributed by atoms with Gasteiger partial charge in [0.05, 0.1) is 0 Å². The van der Waals surface area contributed by atoms with Crippen LogP contribution in [-0.4, -0.2) is 12.5 Å². The van der Waals surface area contributed by atoms with Crippen molar-refractivity contribution in [1.82, 2.24) is 0 Å². The van der Waals surface area contributed by atoms with Gasteiger partial charge in [0.2, 0.25) is 0 Å². The van der Waals surface area contributed by atoms with Crippen LogP contribution in [0.4, 0.5) is 8.78 Å². The van der Waals surface area contributed by atoms with E-state index in [1.54, 1.807) is 0 Å². The van der Waals surface area contributed by atoms with E-state index in [9.17, 15) is 8.78 Å². The van der Waals surface area contributed by atoms with Crippen molar-refractivity contribution in [1.29, 1.82) is 0 Å². The van der Waals surface area contributed by atoms with Crippen molar-refractivity contribution >= 4 is 0 Å². The minimum Gasteiger partial charge on any atom is -0.330 e. The van der Waals surface area contributed by atoms with Crippen LogP contribution in [0.2, 0.25) is 0 Å². The fourth-order valence-electron chi connectivity index (χ4n) is 0.866. The molecule has 0 bridgehead atoms. The zero-order valence-corrected chi connectivity index (χ0v) is 12.6. The van der Waals surface area contributed by atoms with E-state index in [0.29, 0.717) is 13.0 Å². The molecule has 0 amide bonds. The van der Waals surface area contributed by atoms with E-state index in [2.05, 4.69) is 0 Å². The van der Waals surface area contributed by atoms with Crippen molar-refractivity contribution in [2.75, 3.05) is 6.54 Å². The van der Waals surface area contributed by atoms with Gasteiger partial charge in [-0.3, -0.25) is 0 Å². The second-order valence-corrected chi connectivity index (χ2v) is 4.27. The molecule has 0 radical (unpaired) electrons. The van der Waals surface area contributed by atoms with Gasteiger partial charge in [-0.25, -0.2) is 8.78 Å². The standard InChI is InChI=1S/C10H19F2N.2C2H6.H2/c1-9(2,8-13)6-4-5-7-10(3,11)12;2*1-2;/h5,7H,4,6,8,13H2,1-3H3;2*1-2H3;1H/b7-5+;;;. The number of hydrogen-bond acceptors (Lipinski definition) is 1. The minimum atomic E-state index is -2.69. The number of rotatable bonds is 5. The summed E-state index contributed by atoms with van der Waals surface area (Å²) < 4.78 is 24.6. The maximum Gasteiger partial charge on any atom is 0.263 e. The first kappa shape index (κ1) is 21.8. The molecule has 0 spiro atoms. The molecule has 108 valence electrons. The summed E-state index contributed by atoms with van der Waals surface area (Å²) in [6.45, 7) is 13.5. The number of allylic oxidation sites excluding steroid dienone is 2. The van der Waals surface area contributed by atoms with Crippen LogP contribution in [0.15, 0.2) is 12.2 Å². The normalized spacial score (nSPS) is 11.4. The Morgan fingerprint density at radius 2 is 1.47 bits per heavy atom. The summed E-state index contributed by atoms with van der Waals surface area (Å²) in [5, 5.41) is 0. The lowest BCUT2D eigenvalue weighted by Gasteiger charge is -2.20. The molecule has 0 aliphatic carbocycles. The van der Waals surface area contributed by atoms with Gasteiger partial charge >= 0.3 is 0 Å². The van der Waals surface area contributed by atoms with E-state index in [1.165, 1.54) is 6.08 Å². The molecule has 0 aromatic carbocycles. The van der Waals surface area contributed by atoms with Crippen LogP contribution < -0.4 is 5.73 Å². The van der Waals surface area contributed by atoms with Crippen molar-refractivity contribution in [3.05, 3.63) is 12.2 Å². The number of hydrogen-bond donors (Lipinski definition) is 1. The number of nitrogens with two attached hydrogens (primary N) is 1. The van der Waals surface area contributed by atoms with Gasteiger partial charge in [0.15, 0.2) is 0 Å². The second-order valence-electron chi connectivity index (χ2n) is 4.27. The SMILES string of the molecule is CC.CC.CC(F)(F)/C=C/CCC(C)(C)CN.[HH]. The monoisotopic (exact) mass is 253 g/mol. The first-order valence-electron chi connectivity index (χ1n) is 6.52. The minimum absolute atomic E-state index is 0. The molecule has 0 fully saturated rings. The highest BCUT2D eigenvalue weighted by molar-refractivity contribution is 4.92. The largest absolute Gasteiger partial charge is 0.330 e. The topological polar surface area (TPSA) is 26.0 Å². The zero-order valence-electron chi connectivity index (χ0n) is 12.6. The third-order valence-electron chi connectivity index (χ3n) is 1.95. The Balaban J connectivity index is -0.000000177. The molecule has 0 heterocycles. The first-order valence-corrected chi connectivity index (χ1v) is 6.52. The predicted octanol–water partition coefficient (Wildman–Crippen LogP) is 5.26. The smallest absolute Gasteiger partial charge is 0.263 e. The highest BCUT2D eigenvalue weighted by atomic mass is 19.3. The van der Waals surface area contributed by atoms with Crippen LogP contribution in [0.5, 0.6) is 0 Å². The first-order chi connectivity index (χ1) is 7.77. The Labute approximate surface area is 108 Å². The van der Waals surface area contributed by atoms with Crippen LogP contribution in [0.1, 0.15) is 62.7 Å². The lowest BCUT2D eigenvalue weighted by molar-refractivity contribution is 0.0770. The van der Waals surface area contributed by atoms with Crippen molar-refractivity contribution < 1.29 is 10.2 Å². The molecule has 0 atom stereocenters. The Bertz CT molecular complexity index is 175. The molecule has 0 aliphatic heterocycles. The Morgan fingerprint density at radius 1 is 1.06 bits per heavy atom. The van der Waals surface area contributed by atoms with Gasteiger partial charge in [0, 0.05) is 8.35 Å². The molecule has 3 heteroatoms. The van der Waals surface area contributed by atoms with Gasteiger partial charge in [0.25, 0.3) is 5.92 Å². The number of alkyl halides is 2. The van der Waals surface area contributed by atoms with Gasteiger partial charge in [-0.15, -0.1) is 0 Å². The van der Waals surface area contributed by atoms with Crippen molar-refractivity contribution in [2.24, 2.45) is 11.1 Å². The zero-order chi connectivity index (χ0) is 14.5. The van der Waals surface area contributed by atoms with E-state index in [0.717, 1.165) is 19.4 Å². The molecule has 0 aromatic heterocycles. The third kappa shape index (κ3) is 21.4. The molecule has 0 saturated carbocycles. The highest BCUT2D eigenvalue weighted by Crippen LogP contribution is 2.21. The third-order valence-corrected chi connectivity index (χ3v) is 1.95. The summed E-state index contributed by atoms with van der Waals surface area (Å²) in [6.07, 6.45) is 3.97. The fourth-order valence-corrected chi connectivity index (χ4v) is 0.866. The Kier molecular flexibility index (Phi) is 15.4. The average Bonchev–Trinajstić information content (AvgIpc) is 2.29. The van der Waals surface area contributed by atoms with Crippen LogP contribution in [-0.2, 0) is 0 Å². The summed E-state index contributed by atoms with van der Waals surface area (Å²) >= 11 is 0. The summed E-state index contributed by atoms with van der Waals surface area (Å²) in [4.78, 5) is 0. The van der Waals surface area contributed by atoms with Gasteiger partial charge in [-0.2, -0.15) is 0 Å². The molecule has 0 aromatic rings. The number of halogens is 2. The lowest BCUT2D eigenvalue weighted by atomic mass is 9.88. The molecule has 0 saturated heterocycles. The summed E-state index contributed by atoms with van der Waals surface area (Å²) in [5.41, 5.74) is 5.55. The van der Waals surface area contributed by atoms with Gasteiger partial charge < -0.3 is 5.73 Å². The van der Waals surface area contributed by atoms with Gasteiger partial charge in [-0.05, 0) is 30.9 Å². The average molecular weight is 253 g/mol. The van der Waals surface area contributed by atoms with Gasteiger partial charge in [-0.1, -0.05) is 47.6 Å². The lowest BCUT2D eigenvalue weighted by Crippen LogP contribution is -2.23. The van der Waals surface area contributed by atoms with E-state index in [4.69, 9.17) is 5.73 Å². The summed E-state index contributed by atoms with van der Waals surface area (Å²) in [7, 11) is 0. The van der Waals surface area contributed by atoms with Gasteiger partial charge in [0.1, 0.15) is 0 Å². The molecule has 0 unspecified atom stereocenters. The fraction of sp³-hybridized carbons (Fsp3) is 0.857. The van der Waals surface area contributed by atoms with Crippen molar-refractivity contribution in [3.8, 4) is 0 Å². The summed E-state index contributed by atoms with van der Waals surface area (Å²) in [6, 6.07) is 0. The maximum atomic E-state index is 12.3.